The van der Waals surface area contributed by atoms with Crippen molar-refractivity contribution in [2.75, 3.05) is 57.4 Å². The summed E-state index contributed by atoms with van der Waals surface area (Å²) in [4.78, 5) is 4.43. The van der Waals surface area contributed by atoms with Crippen LogP contribution in [-0.4, -0.2) is 87.4 Å². The lowest BCUT2D eigenvalue weighted by atomic mass is 9.95. The van der Waals surface area contributed by atoms with E-state index in [4.69, 9.17) is 4.74 Å². The van der Waals surface area contributed by atoms with Crippen molar-refractivity contribution >= 4 is 27.0 Å². The SMILES string of the molecule is C[C@](O)(c1ccc(N2CCN(S(=O)(=O)c3cccs3)C[C@@H]2CN2C[C@H]3COC[C@H]3C2)cc1)C(F)(F)F. The zero-order chi connectivity index (χ0) is 25.7. The van der Waals surface area contributed by atoms with Gasteiger partial charge in [0.25, 0.3) is 10.0 Å². The lowest BCUT2D eigenvalue weighted by Gasteiger charge is -2.43. The van der Waals surface area contributed by atoms with Crippen LogP contribution < -0.4 is 4.90 Å². The monoisotopic (exact) mass is 545 g/mol. The molecule has 0 radical (unpaired) electrons. The van der Waals surface area contributed by atoms with Gasteiger partial charge in [-0.05, 0) is 36.1 Å². The summed E-state index contributed by atoms with van der Waals surface area (Å²) in [5, 5.41) is 11.8. The number of thiophene rings is 1. The van der Waals surface area contributed by atoms with Gasteiger partial charge < -0.3 is 19.6 Å². The average Bonchev–Trinajstić information content (AvgIpc) is 3.57. The molecule has 0 unspecified atom stereocenters. The minimum Gasteiger partial charge on any atom is -0.381 e. The predicted octanol–water partition coefficient (Wildman–Crippen LogP) is 2.98. The molecular formula is C24H30F3N3O4S2. The molecule has 0 amide bonds. The largest absolute Gasteiger partial charge is 0.421 e. The molecule has 198 valence electrons. The average molecular weight is 546 g/mol. The third-order valence-electron chi connectivity index (χ3n) is 7.63. The van der Waals surface area contributed by atoms with Crippen molar-refractivity contribution in [3.05, 3.63) is 47.3 Å². The first kappa shape index (κ1) is 25.9. The Bertz CT molecular complexity index is 1140. The van der Waals surface area contributed by atoms with Crippen LogP contribution in [0.25, 0.3) is 0 Å². The van der Waals surface area contributed by atoms with E-state index >= 15 is 0 Å². The Kier molecular flexibility index (Phi) is 6.88. The molecule has 3 aliphatic rings. The van der Waals surface area contributed by atoms with Crippen molar-refractivity contribution in [3.63, 3.8) is 0 Å². The van der Waals surface area contributed by atoms with E-state index in [0.717, 1.165) is 33.2 Å². The summed E-state index contributed by atoms with van der Waals surface area (Å²) in [6.07, 6.45) is -4.80. The Balaban J connectivity index is 1.38. The summed E-state index contributed by atoms with van der Waals surface area (Å²) in [5.41, 5.74) is -2.48. The van der Waals surface area contributed by atoms with E-state index in [0.29, 0.717) is 34.8 Å². The number of benzene rings is 1. The number of halogens is 3. The summed E-state index contributed by atoms with van der Waals surface area (Å²) in [5.74, 6) is 0.966. The number of fused-ring (bicyclic) bond motifs is 1. The maximum atomic E-state index is 13.3. The molecular weight excluding hydrogens is 515 g/mol. The number of rotatable bonds is 6. The number of piperazine rings is 1. The first-order valence-electron chi connectivity index (χ1n) is 12.0. The lowest BCUT2D eigenvalue weighted by Crippen LogP contribution is -2.58. The van der Waals surface area contributed by atoms with Crippen molar-refractivity contribution in [2.45, 2.75) is 29.0 Å². The highest BCUT2D eigenvalue weighted by molar-refractivity contribution is 7.91. The van der Waals surface area contributed by atoms with Crippen molar-refractivity contribution < 1.29 is 31.4 Å². The number of hydrogen-bond donors (Lipinski definition) is 1. The van der Waals surface area contributed by atoms with E-state index in [1.807, 2.05) is 0 Å². The van der Waals surface area contributed by atoms with Crippen LogP contribution in [-0.2, 0) is 20.4 Å². The molecule has 0 spiro atoms. The molecule has 1 aromatic heterocycles. The summed E-state index contributed by atoms with van der Waals surface area (Å²) in [6, 6.07) is 8.90. The zero-order valence-corrected chi connectivity index (χ0v) is 21.5. The van der Waals surface area contributed by atoms with Crippen LogP contribution in [0.3, 0.4) is 0 Å². The number of likely N-dealkylation sites (tertiary alicyclic amines) is 1. The number of ether oxygens (including phenoxy) is 1. The predicted molar refractivity (Wildman–Crippen MR) is 131 cm³/mol. The lowest BCUT2D eigenvalue weighted by molar-refractivity contribution is -0.258. The number of nitrogens with zero attached hydrogens (tertiary/aromatic N) is 3. The third kappa shape index (κ3) is 4.79. The van der Waals surface area contributed by atoms with Crippen LogP contribution in [0.5, 0.6) is 0 Å². The van der Waals surface area contributed by atoms with E-state index < -0.39 is 21.8 Å². The van der Waals surface area contributed by atoms with Gasteiger partial charge in [-0.1, -0.05) is 18.2 Å². The van der Waals surface area contributed by atoms with Crippen molar-refractivity contribution in [1.29, 1.82) is 0 Å². The molecule has 36 heavy (non-hydrogen) atoms. The smallest absolute Gasteiger partial charge is 0.381 e. The highest BCUT2D eigenvalue weighted by Crippen LogP contribution is 2.39. The normalized spacial score (nSPS) is 27.8. The Labute approximate surface area is 213 Å². The van der Waals surface area contributed by atoms with Crippen LogP contribution in [0, 0.1) is 11.8 Å². The standard InChI is InChI=1S/C24H30F3N3O4S2/c1-23(31,24(25,26)27)19-4-6-20(7-5-19)30-9-8-29(36(32,33)22-3-2-10-35-22)14-21(30)13-28-11-17-15-34-16-18(17)12-28/h2-7,10,17-18,21,31H,8-9,11-16H2,1H3/t17-,18+,21-,23-/m0/s1. The number of alkyl halides is 3. The second kappa shape index (κ2) is 9.55. The van der Waals surface area contributed by atoms with E-state index in [1.165, 1.54) is 27.8 Å². The molecule has 5 rings (SSSR count). The van der Waals surface area contributed by atoms with Gasteiger partial charge in [0.05, 0.1) is 19.3 Å². The Morgan fingerprint density at radius 1 is 1.06 bits per heavy atom. The van der Waals surface area contributed by atoms with E-state index in [9.17, 15) is 26.7 Å². The fraction of sp³-hybridized carbons (Fsp3) is 0.583. The highest BCUT2D eigenvalue weighted by atomic mass is 32.2. The molecule has 2 aromatic rings. The van der Waals surface area contributed by atoms with Gasteiger partial charge in [0.2, 0.25) is 0 Å². The minimum atomic E-state index is -4.80. The molecule has 0 aliphatic carbocycles. The molecule has 1 N–H and O–H groups in total. The molecule has 4 atom stereocenters. The second-order valence-corrected chi connectivity index (χ2v) is 13.1. The van der Waals surface area contributed by atoms with Crippen LogP contribution in [0.2, 0.25) is 0 Å². The van der Waals surface area contributed by atoms with Gasteiger partial charge in [0, 0.05) is 56.8 Å². The topological polar surface area (TPSA) is 73.3 Å². The fourth-order valence-electron chi connectivity index (χ4n) is 5.45. The molecule has 3 saturated heterocycles. The third-order valence-corrected chi connectivity index (χ3v) is 10.9. The van der Waals surface area contributed by atoms with Gasteiger partial charge in [-0.25, -0.2) is 8.42 Å². The van der Waals surface area contributed by atoms with E-state index in [-0.39, 0.29) is 24.7 Å². The summed E-state index contributed by atoms with van der Waals surface area (Å²) < 4.78 is 73.8. The molecule has 12 heteroatoms. The maximum absolute atomic E-state index is 13.3. The van der Waals surface area contributed by atoms with Crippen molar-refractivity contribution in [1.82, 2.24) is 9.21 Å². The first-order chi connectivity index (χ1) is 17.0. The van der Waals surface area contributed by atoms with Gasteiger partial charge in [0.15, 0.2) is 5.60 Å². The molecule has 0 saturated carbocycles. The fourth-order valence-corrected chi connectivity index (χ4v) is 8.06. The van der Waals surface area contributed by atoms with Crippen LogP contribution >= 0.6 is 11.3 Å². The van der Waals surface area contributed by atoms with Crippen molar-refractivity contribution in [2.24, 2.45) is 11.8 Å². The first-order valence-corrected chi connectivity index (χ1v) is 14.3. The Hall–Kier alpha value is -1.70. The molecule has 7 nitrogen and oxygen atoms in total. The Morgan fingerprint density at radius 3 is 2.31 bits per heavy atom. The molecule has 3 fully saturated rings. The zero-order valence-electron chi connectivity index (χ0n) is 19.9. The molecule has 4 heterocycles. The number of anilines is 1. The quantitative estimate of drug-likeness (QED) is 0.602. The van der Waals surface area contributed by atoms with Crippen LogP contribution in [0.4, 0.5) is 18.9 Å². The van der Waals surface area contributed by atoms with Gasteiger partial charge >= 0.3 is 6.18 Å². The Morgan fingerprint density at radius 2 is 1.72 bits per heavy atom. The van der Waals surface area contributed by atoms with E-state index in [2.05, 4.69) is 9.80 Å². The maximum Gasteiger partial charge on any atom is 0.421 e. The van der Waals surface area contributed by atoms with Gasteiger partial charge in [0.1, 0.15) is 4.21 Å². The highest BCUT2D eigenvalue weighted by Gasteiger charge is 2.51. The number of hydrogen-bond acceptors (Lipinski definition) is 7. The van der Waals surface area contributed by atoms with Crippen molar-refractivity contribution in [3.8, 4) is 0 Å². The molecule has 3 aliphatic heterocycles. The van der Waals surface area contributed by atoms with Gasteiger partial charge in [-0.2, -0.15) is 17.5 Å². The summed E-state index contributed by atoms with van der Waals surface area (Å²) in [6.45, 7) is 5.62. The number of sulfonamides is 1. The summed E-state index contributed by atoms with van der Waals surface area (Å²) in [7, 11) is -3.62. The minimum absolute atomic E-state index is 0.179. The second-order valence-electron chi connectivity index (χ2n) is 10.0. The molecule has 1 aromatic carbocycles. The van der Waals surface area contributed by atoms with Gasteiger partial charge in [-0.15, -0.1) is 11.3 Å². The summed E-state index contributed by atoms with van der Waals surface area (Å²) >= 11 is 1.19. The number of aliphatic hydroxyl groups is 1. The van der Waals surface area contributed by atoms with Crippen LogP contribution in [0.15, 0.2) is 46.0 Å². The molecule has 0 bridgehead atoms. The van der Waals surface area contributed by atoms with Gasteiger partial charge in [-0.3, -0.25) is 0 Å². The van der Waals surface area contributed by atoms with Crippen LogP contribution in [0.1, 0.15) is 12.5 Å². The van der Waals surface area contributed by atoms with E-state index in [1.54, 1.807) is 29.6 Å².